The summed E-state index contributed by atoms with van der Waals surface area (Å²) in [5, 5.41) is -6.68. The van der Waals surface area contributed by atoms with Gasteiger partial charge >= 0.3 is 23.3 Å². The van der Waals surface area contributed by atoms with Crippen molar-refractivity contribution in [3.63, 3.8) is 0 Å². The van der Waals surface area contributed by atoms with Gasteiger partial charge in [0.1, 0.15) is 0 Å². The maximum atomic E-state index is 13.6. The molecule has 0 N–H and O–H groups in total. The second kappa shape index (κ2) is 8.09. The smallest absolute Gasteiger partial charge is 0.304 e. The lowest BCUT2D eigenvalue weighted by Crippen LogP contribution is -2.65. The Labute approximate surface area is 145 Å². The zero-order chi connectivity index (χ0) is 21.2. The molecule has 0 aliphatic heterocycles. The molecule has 0 aromatic rings. The number of alkyl halides is 9. The normalized spacial score (nSPS) is 15.2. The highest BCUT2D eigenvalue weighted by molar-refractivity contribution is 7.90. The third kappa shape index (κ3) is 4.38. The molecule has 0 rings (SSSR count). The Morgan fingerprint density at radius 2 is 1.19 bits per heavy atom. The molecule has 4 nitrogen and oxygen atoms in total. The standard InChI is InChI=1S/C12H19F9N2O2S/c1-4-23(5-2)8-6-7-22(3)26(24,25)12(20,21)10(15,16)9(13,14)11(17,18)19/h4-8H2,1-3H3. The number of hydrogen-bond donors (Lipinski definition) is 0. The van der Waals surface area contributed by atoms with E-state index in [1.54, 1.807) is 18.7 Å². The van der Waals surface area contributed by atoms with Crippen molar-refractivity contribution >= 4 is 10.0 Å². The largest absolute Gasteiger partial charge is 0.460 e. The van der Waals surface area contributed by atoms with E-state index in [0.29, 0.717) is 20.1 Å². The molecule has 14 heteroatoms. The third-order valence-corrected chi connectivity index (χ3v) is 5.60. The molecule has 0 saturated heterocycles. The van der Waals surface area contributed by atoms with Gasteiger partial charge in [0.2, 0.25) is 0 Å². The molecule has 0 aromatic carbocycles. The van der Waals surface area contributed by atoms with E-state index >= 15 is 0 Å². The first-order valence-electron chi connectivity index (χ1n) is 7.30. The molecule has 0 saturated carbocycles. The molecule has 0 heterocycles. The van der Waals surface area contributed by atoms with Crippen LogP contribution in [0.1, 0.15) is 20.3 Å². The Morgan fingerprint density at radius 1 is 0.769 bits per heavy atom. The summed E-state index contributed by atoms with van der Waals surface area (Å²) < 4.78 is 138. The van der Waals surface area contributed by atoms with E-state index in [0.717, 1.165) is 0 Å². The van der Waals surface area contributed by atoms with Crippen molar-refractivity contribution in [1.29, 1.82) is 0 Å². The van der Waals surface area contributed by atoms with Crippen molar-refractivity contribution < 1.29 is 47.9 Å². The summed E-state index contributed by atoms with van der Waals surface area (Å²) in [6, 6.07) is 0. The minimum Gasteiger partial charge on any atom is -0.304 e. The van der Waals surface area contributed by atoms with Crippen LogP contribution in [-0.2, 0) is 10.0 Å². The van der Waals surface area contributed by atoms with Gasteiger partial charge in [0.05, 0.1) is 0 Å². The molecule has 0 aliphatic rings. The molecule has 0 spiro atoms. The van der Waals surface area contributed by atoms with Gasteiger partial charge in [-0.05, 0) is 26.1 Å². The summed E-state index contributed by atoms with van der Waals surface area (Å²) in [6.07, 6.45) is -7.20. The van der Waals surface area contributed by atoms with E-state index in [2.05, 4.69) is 0 Å². The van der Waals surface area contributed by atoms with Gasteiger partial charge in [0, 0.05) is 13.6 Å². The first-order chi connectivity index (χ1) is 11.4. The SMILES string of the molecule is CCN(CC)CCCN(C)S(=O)(=O)C(F)(F)C(F)(F)C(F)(F)C(F)(F)F. The van der Waals surface area contributed by atoms with E-state index < -0.39 is 39.8 Å². The van der Waals surface area contributed by atoms with Crippen LogP contribution in [0.4, 0.5) is 39.5 Å². The number of sulfonamides is 1. The fourth-order valence-corrected chi connectivity index (χ4v) is 3.11. The minimum absolute atomic E-state index is 0.130. The third-order valence-electron chi connectivity index (χ3n) is 3.69. The average Bonchev–Trinajstić information content (AvgIpc) is 2.49. The van der Waals surface area contributed by atoms with Crippen LogP contribution >= 0.6 is 0 Å². The fourth-order valence-electron chi connectivity index (χ4n) is 1.90. The Hall–Kier alpha value is -0.760. The van der Waals surface area contributed by atoms with Gasteiger partial charge in [0.15, 0.2) is 0 Å². The minimum atomic E-state index is -7.25. The molecule has 0 bridgehead atoms. The van der Waals surface area contributed by atoms with E-state index in [1.807, 2.05) is 0 Å². The van der Waals surface area contributed by atoms with Crippen molar-refractivity contribution in [3.05, 3.63) is 0 Å². The monoisotopic (exact) mass is 426 g/mol. The number of hydrogen-bond acceptors (Lipinski definition) is 3. The highest BCUT2D eigenvalue weighted by atomic mass is 32.2. The predicted octanol–water partition coefficient (Wildman–Crippen LogP) is 3.41. The molecule has 158 valence electrons. The van der Waals surface area contributed by atoms with Gasteiger partial charge in [-0.2, -0.15) is 43.8 Å². The van der Waals surface area contributed by atoms with Crippen LogP contribution < -0.4 is 0 Å². The molecular formula is C12H19F9N2O2S. The van der Waals surface area contributed by atoms with E-state index in [4.69, 9.17) is 0 Å². The summed E-state index contributed by atoms with van der Waals surface area (Å²) in [4.78, 5) is 1.73. The van der Waals surface area contributed by atoms with Gasteiger partial charge in [0.25, 0.3) is 10.0 Å². The van der Waals surface area contributed by atoms with Crippen LogP contribution in [-0.4, -0.2) is 74.1 Å². The van der Waals surface area contributed by atoms with Crippen LogP contribution in [0.25, 0.3) is 0 Å². The second-order valence-corrected chi connectivity index (χ2v) is 7.46. The van der Waals surface area contributed by atoms with Crippen LogP contribution in [0, 0.1) is 0 Å². The first-order valence-corrected chi connectivity index (χ1v) is 8.74. The van der Waals surface area contributed by atoms with Crippen LogP contribution in [0.3, 0.4) is 0 Å². The molecule has 0 unspecified atom stereocenters. The lowest BCUT2D eigenvalue weighted by molar-refractivity contribution is -0.382. The van der Waals surface area contributed by atoms with Gasteiger partial charge in [-0.25, -0.2) is 8.42 Å². The summed E-state index contributed by atoms with van der Waals surface area (Å²) in [6.45, 7) is 3.89. The van der Waals surface area contributed by atoms with Gasteiger partial charge in [-0.1, -0.05) is 13.8 Å². The van der Waals surface area contributed by atoms with Crippen molar-refractivity contribution in [2.45, 2.75) is 43.5 Å². The van der Waals surface area contributed by atoms with Crippen LogP contribution in [0.5, 0.6) is 0 Å². The molecule has 0 fully saturated rings. The molecule has 0 atom stereocenters. The molecule has 26 heavy (non-hydrogen) atoms. The number of rotatable bonds is 10. The van der Waals surface area contributed by atoms with Gasteiger partial charge in [-0.3, -0.25) is 0 Å². The Balaban J connectivity index is 5.54. The molecule has 0 aliphatic carbocycles. The van der Waals surface area contributed by atoms with Crippen molar-refractivity contribution in [2.24, 2.45) is 0 Å². The van der Waals surface area contributed by atoms with Crippen molar-refractivity contribution in [1.82, 2.24) is 9.21 Å². The van der Waals surface area contributed by atoms with Gasteiger partial charge < -0.3 is 4.90 Å². The topological polar surface area (TPSA) is 40.6 Å². The van der Waals surface area contributed by atoms with Gasteiger partial charge in [-0.15, -0.1) is 0 Å². The second-order valence-electron chi connectivity index (χ2n) is 5.37. The average molecular weight is 426 g/mol. The zero-order valence-corrected chi connectivity index (χ0v) is 14.9. The molecular weight excluding hydrogens is 407 g/mol. The Morgan fingerprint density at radius 3 is 1.54 bits per heavy atom. The molecule has 0 amide bonds. The predicted molar refractivity (Wildman–Crippen MR) is 74.9 cm³/mol. The summed E-state index contributed by atoms with van der Waals surface area (Å²) >= 11 is 0. The van der Waals surface area contributed by atoms with E-state index in [-0.39, 0.29) is 17.3 Å². The lowest BCUT2D eigenvalue weighted by atomic mass is 10.1. The van der Waals surface area contributed by atoms with Crippen LogP contribution in [0.2, 0.25) is 0 Å². The Bertz CT molecular complexity index is 560. The van der Waals surface area contributed by atoms with E-state index in [9.17, 15) is 47.9 Å². The molecule has 0 radical (unpaired) electrons. The molecule has 0 aromatic heterocycles. The summed E-state index contributed by atoms with van der Waals surface area (Å²) in [5.74, 6) is -14.5. The fraction of sp³-hybridized carbons (Fsp3) is 1.00. The quantitative estimate of drug-likeness (QED) is 0.503. The summed E-state index contributed by atoms with van der Waals surface area (Å²) in [5.41, 5.74) is 0. The lowest BCUT2D eigenvalue weighted by Gasteiger charge is -2.34. The highest BCUT2D eigenvalue weighted by Gasteiger charge is 2.85. The van der Waals surface area contributed by atoms with E-state index in [1.165, 1.54) is 0 Å². The Kier molecular flexibility index (Phi) is 7.85. The number of halogens is 9. The van der Waals surface area contributed by atoms with Crippen molar-refractivity contribution in [3.8, 4) is 0 Å². The maximum absolute atomic E-state index is 13.6. The number of nitrogens with zero attached hydrogens (tertiary/aromatic N) is 2. The zero-order valence-electron chi connectivity index (χ0n) is 14.1. The van der Waals surface area contributed by atoms with Crippen LogP contribution in [0.15, 0.2) is 0 Å². The van der Waals surface area contributed by atoms with Crippen molar-refractivity contribution in [2.75, 3.05) is 33.2 Å². The maximum Gasteiger partial charge on any atom is 0.460 e. The summed E-state index contributed by atoms with van der Waals surface area (Å²) in [7, 11) is -6.10. The highest BCUT2D eigenvalue weighted by Crippen LogP contribution is 2.55. The first kappa shape index (κ1) is 25.2.